The SMILES string of the molecule is CCNCc1nc(COc2ccc(Br)cc2Cl)cs1. The molecule has 0 radical (unpaired) electrons. The lowest BCUT2D eigenvalue weighted by atomic mass is 10.3. The van der Waals surface area contributed by atoms with Gasteiger partial charge in [0.05, 0.1) is 10.7 Å². The number of nitrogens with one attached hydrogen (secondary N) is 1. The maximum absolute atomic E-state index is 6.09. The van der Waals surface area contributed by atoms with Gasteiger partial charge in [-0.25, -0.2) is 4.98 Å². The van der Waals surface area contributed by atoms with E-state index in [1.807, 2.05) is 23.6 Å². The summed E-state index contributed by atoms with van der Waals surface area (Å²) in [7, 11) is 0. The number of nitrogens with zero attached hydrogens (tertiary/aromatic N) is 1. The summed E-state index contributed by atoms with van der Waals surface area (Å²) in [4.78, 5) is 4.49. The molecule has 2 rings (SSSR count). The van der Waals surface area contributed by atoms with Gasteiger partial charge in [0.1, 0.15) is 17.4 Å². The van der Waals surface area contributed by atoms with Crippen molar-refractivity contribution in [1.29, 1.82) is 0 Å². The maximum Gasteiger partial charge on any atom is 0.138 e. The van der Waals surface area contributed by atoms with Gasteiger partial charge in [0, 0.05) is 16.4 Å². The second-order valence-corrected chi connectivity index (χ2v) is 6.14. The zero-order valence-electron chi connectivity index (χ0n) is 10.5. The van der Waals surface area contributed by atoms with Crippen LogP contribution in [0.3, 0.4) is 0 Å². The number of hydrogen-bond donors (Lipinski definition) is 1. The molecule has 0 aliphatic carbocycles. The third kappa shape index (κ3) is 4.45. The minimum atomic E-state index is 0.435. The van der Waals surface area contributed by atoms with Gasteiger partial charge in [-0.05, 0) is 24.7 Å². The fraction of sp³-hybridized carbons (Fsp3) is 0.308. The van der Waals surface area contributed by atoms with E-state index in [-0.39, 0.29) is 0 Å². The lowest BCUT2D eigenvalue weighted by Crippen LogP contribution is -2.11. The molecule has 1 N–H and O–H groups in total. The summed E-state index contributed by atoms with van der Waals surface area (Å²) in [5.41, 5.74) is 0.928. The molecule has 0 fully saturated rings. The highest BCUT2D eigenvalue weighted by atomic mass is 79.9. The van der Waals surface area contributed by atoms with E-state index in [4.69, 9.17) is 16.3 Å². The van der Waals surface area contributed by atoms with Crippen LogP contribution < -0.4 is 10.1 Å². The van der Waals surface area contributed by atoms with E-state index in [0.29, 0.717) is 17.4 Å². The molecule has 3 nitrogen and oxygen atoms in total. The van der Waals surface area contributed by atoms with E-state index in [9.17, 15) is 0 Å². The Morgan fingerprint density at radius 1 is 1.47 bits per heavy atom. The van der Waals surface area contributed by atoms with E-state index in [1.165, 1.54) is 0 Å². The summed E-state index contributed by atoms with van der Waals surface area (Å²) >= 11 is 11.1. The minimum absolute atomic E-state index is 0.435. The first-order chi connectivity index (χ1) is 9.19. The van der Waals surface area contributed by atoms with Crippen LogP contribution in [-0.4, -0.2) is 11.5 Å². The Balaban J connectivity index is 1.92. The number of benzene rings is 1. The quantitative estimate of drug-likeness (QED) is 0.835. The lowest BCUT2D eigenvalue weighted by Gasteiger charge is -2.06. The first kappa shape index (κ1) is 14.8. The number of aromatic nitrogens is 1. The second kappa shape index (κ2) is 7.24. The van der Waals surface area contributed by atoms with Crippen LogP contribution in [0.1, 0.15) is 17.6 Å². The number of hydrogen-bond acceptors (Lipinski definition) is 4. The Morgan fingerprint density at radius 2 is 2.32 bits per heavy atom. The van der Waals surface area contributed by atoms with Crippen LogP contribution in [0.5, 0.6) is 5.75 Å². The Labute approximate surface area is 130 Å². The molecule has 1 heterocycles. The average molecular weight is 362 g/mol. The van der Waals surface area contributed by atoms with Gasteiger partial charge in [-0.15, -0.1) is 11.3 Å². The highest BCUT2D eigenvalue weighted by Crippen LogP contribution is 2.28. The molecular weight excluding hydrogens is 348 g/mol. The molecule has 0 saturated heterocycles. The molecule has 0 saturated carbocycles. The molecule has 0 bridgehead atoms. The Morgan fingerprint density at radius 3 is 3.05 bits per heavy atom. The van der Waals surface area contributed by atoms with Crippen molar-refractivity contribution >= 4 is 38.9 Å². The summed E-state index contributed by atoms with van der Waals surface area (Å²) in [6.07, 6.45) is 0. The summed E-state index contributed by atoms with van der Waals surface area (Å²) in [5.74, 6) is 0.672. The van der Waals surface area contributed by atoms with Crippen molar-refractivity contribution < 1.29 is 4.74 Å². The monoisotopic (exact) mass is 360 g/mol. The third-order valence-electron chi connectivity index (χ3n) is 2.40. The van der Waals surface area contributed by atoms with Crippen molar-refractivity contribution in [2.24, 2.45) is 0 Å². The minimum Gasteiger partial charge on any atom is -0.486 e. The summed E-state index contributed by atoms with van der Waals surface area (Å²) in [6.45, 7) is 4.26. The molecule has 0 atom stereocenters. The predicted octanol–water partition coefficient (Wildman–Crippen LogP) is 4.25. The third-order valence-corrected chi connectivity index (χ3v) is 4.08. The first-order valence-corrected chi connectivity index (χ1v) is 7.96. The highest BCUT2D eigenvalue weighted by molar-refractivity contribution is 9.10. The molecule has 0 aliphatic rings. The Kier molecular flexibility index (Phi) is 5.63. The van der Waals surface area contributed by atoms with E-state index in [2.05, 4.69) is 33.2 Å². The van der Waals surface area contributed by atoms with Crippen molar-refractivity contribution in [2.45, 2.75) is 20.1 Å². The normalized spacial score (nSPS) is 10.7. The van der Waals surface area contributed by atoms with Gasteiger partial charge in [0.25, 0.3) is 0 Å². The molecule has 102 valence electrons. The largest absolute Gasteiger partial charge is 0.486 e. The van der Waals surface area contributed by atoms with Crippen LogP contribution in [-0.2, 0) is 13.2 Å². The number of thiazole rings is 1. The van der Waals surface area contributed by atoms with Crippen molar-refractivity contribution in [3.8, 4) is 5.75 Å². The molecule has 0 amide bonds. The van der Waals surface area contributed by atoms with Gasteiger partial charge in [-0.3, -0.25) is 0 Å². The fourth-order valence-electron chi connectivity index (χ4n) is 1.47. The van der Waals surface area contributed by atoms with E-state index < -0.39 is 0 Å². The first-order valence-electron chi connectivity index (χ1n) is 5.91. The predicted molar refractivity (Wildman–Crippen MR) is 83.0 cm³/mol. The summed E-state index contributed by atoms with van der Waals surface area (Å²) in [6, 6.07) is 5.56. The molecular formula is C13H14BrClN2OS. The molecule has 2 aromatic rings. The maximum atomic E-state index is 6.09. The zero-order valence-corrected chi connectivity index (χ0v) is 13.6. The lowest BCUT2D eigenvalue weighted by molar-refractivity contribution is 0.302. The van der Waals surface area contributed by atoms with Crippen molar-refractivity contribution in [1.82, 2.24) is 10.3 Å². The van der Waals surface area contributed by atoms with Crippen molar-refractivity contribution in [3.63, 3.8) is 0 Å². The van der Waals surface area contributed by atoms with Gasteiger partial charge in [0.2, 0.25) is 0 Å². The van der Waals surface area contributed by atoms with Crippen LogP contribution >= 0.6 is 38.9 Å². The average Bonchev–Trinajstić information content (AvgIpc) is 2.83. The van der Waals surface area contributed by atoms with Crippen LogP contribution in [0.25, 0.3) is 0 Å². The molecule has 1 aromatic carbocycles. The van der Waals surface area contributed by atoms with Crippen molar-refractivity contribution in [3.05, 3.63) is 43.8 Å². The summed E-state index contributed by atoms with van der Waals surface area (Å²) in [5, 5.41) is 6.93. The standard InChI is InChI=1S/C13H14BrClN2OS/c1-2-16-6-13-17-10(8-19-13)7-18-12-4-3-9(14)5-11(12)15/h3-5,8,16H,2,6-7H2,1H3. The zero-order chi connectivity index (χ0) is 13.7. The smallest absolute Gasteiger partial charge is 0.138 e. The van der Waals surface area contributed by atoms with Gasteiger partial charge in [-0.2, -0.15) is 0 Å². The summed E-state index contributed by atoms with van der Waals surface area (Å²) < 4.78 is 6.60. The second-order valence-electron chi connectivity index (χ2n) is 3.88. The molecule has 6 heteroatoms. The van der Waals surface area contributed by atoms with Gasteiger partial charge >= 0.3 is 0 Å². The molecule has 0 unspecified atom stereocenters. The highest BCUT2D eigenvalue weighted by Gasteiger charge is 2.05. The number of ether oxygens (including phenoxy) is 1. The Bertz CT molecular complexity index is 547. The van der Waals surface area contributed by atoms with Crippen LogP contribution in [0.2, 0.25) is 5.02 Å². The fourth-order valence-corrected chi connectivity index (χ4v) is 2.95. The van der Waals surface area contributed by atoms with Gasteiger partial charge in [0.15, 0.2) is 0 Å². The van der Waals surface area contributed by atoms with Gasteiger partial charge < -0.3 is 10.1 Å². The molecule has 0 spiro atoms. The van der Waals surface area contributed by atoms with Crippen LogP contribution in [0, 0.1) is 0 Å². The molecule has 0 aliphatic heterocycles. The van der Waals surface area contributed by atoms with Crippen LogP contribution in [0.4, 0.5) is 0 Å². The topological polar surface area (TPSA) is 34.2 Å². The van der Waals surface area contributed by atoms with E-state index >= 15 is 0 Å². The van der Waals surface area contributed by atoms with Crippen molar-refractivity contribution in [2.75, 3.05) is 6.54 Å². The van der Waals surface area contributed by atoms with Gasteiger partial charge in [-0.1, -0.05) is 34.5 Å². The Hall–Kier alpha value is -0.620. The molecule has 19 heavy (non-hydrogen) atoms. The van der Waals surface area contributed by atoms with Crippen LogP contribution in [0.15, 0.2) is 28.1 Å². The molecule has 1 aromatic heterocycles. The van der Waals surface area contributed by atoms with E-state index in [0.717, 1.165) is 28.3 Å². The van der Waals surface area contributed by atoms with E-state index in [1.54, 1.807) is 11.3 Å². The number of rotatable bonds is 6. The number of halogens is 2.